The summed E-state index contributed by atoms with van der Waals surface area (Å²) in [5.41, 5.74) is 22.9. The highest BCUT2D eigenvalue weighted by molar-refractivity contribution is 6.21. The molecule has 0 N–H and O–H groups in total. The number of hydrogen-bond acceptors (Lipinski definition) is 0. The summed E-state index contributed by atoms with van der Waals surface area (Å²) < 4.78 is 0. The molecule has 65 heavy (non-hydrogen) atoms. The van der Waals surface area contributed by atoms with Crippen molar-refractivity contribution >= 4 is 27.1 Å². The average Bonchev–Trinajstić information content (AvgIpc) is 3.39. The van der Waals surface area contributed by atoms with Crippen molar-refractivity contribution in [3.05, 3.63) is 247 Å². The Morgan fingerprint density at radius 3 is 1.05 bits per heavy atom. The van der Waals surface area contributed by atoms with Gasteiger partial charge in [-0.05, 0) is 160 Å². The second-order valence-corrected chi connectivity index (χ2v) is 17.3. The minimum absolute atomic E-state index is 0.965. The zero-order chi connectivity index (χ0) is 43.7. The van der Waals surface area contributed by atoms with Crippen molar-refractivity contribution in [2.24, 2.45) is 0 Å². The summed E-state index contributed by atoms with van der Waals surface area (Å²) in [7, 11) is 0. The maximum atomic E-state index is 2.49. The van der Waals surface area contributed by atoms with Gasteiger partial charge in [0.2, 0.25) is 0 Å². The monoisotopic (exact) mass is 830 g/mol. The van der Waals surface area contributed by atoms with E-state index in [1.165, 1.54) is 122 Å². The molecule has 1 aliphatic rings. The van der Waals surface area contributed by atoms with E-state index in [1.807, 2.05) is 0 Å². The largest absolute Gasteiger partial charge is 0.0842 e. The molecule has 0 bridgehead atoms. The van der Waals surface area contributed by atoms with Gasteiger partial charge in [-0.15, -0.1) is 0 Å². The van der Waals surface area contributed by atoms with E-state index < -0.39 is 0 Å². The Hall–Kier alpha value is -7.80. The van der Waals surface area contributed by atoms with Gasteiger partial charge in [0.05, 0.1) is 0 Å². The Kier molecular flexibility index (Phi) is 10.7. The molecule has 0 radical (unpaired) electrons. The molecule has 0 nitrogen and oxygen atoms in total. The third kappa shape index (κ3) is 7.52. The molecule has 0 aliphatic heterocycles. The van der Waals surface area contributed by atoms with E-state index >= 15 is 0 Å². The molecule has 0 heterocycles. The van der Waals surface area contributed by atoms with Crippen molar-refractivity contribution in [3.63, 3.8) is 0 Å². The fraction of sp³-hybridized carbons (Fsp3) is 0.0769. The van der Waals surface area contributed by atoms with Gasteiger partial charge < -0.3 is 0 Å². The van der Waals surface area contributed by atoms with Gasteiger partial charge in [0.15, 0.2) is 0 Å². The highest BCUT2D eigenvalue weighted by Crippen LogP contribution is 2.49. The van der Waals surface area contributed by atoms with E-state index in [0.717, 1.165) is 19.3 Å². The summed E-state index contributed by atoms with van der Waals surface area (Å²) >= 11 is 0. The van der Waals surface area contributed by atoms with Crippen molar-refractivity contribution in [3.8, 4) is 77.9 Å². The summed E-state index contributed by atoms with van der Waals surface area (Å²) in [5.74, 6) is 0. The lowest BCUT2D eigenvalue weighted by Gasteiger charge is -2.27. The van der Waals surface area contributed by atoms with Crippen molar-refractivity contribution in [1.29, 1.82) is 0 Å². The third-order valence-corrected chi connectivity index (χ3v) is 13.5. The maximum Gasteiger partial charge on any atom is -0.00575 e. The first-order chi connectivity index (χ1) is 32.1. The van der Waals surface area contributed by atoms with Crippen molar-refractivity contribution < 1.29 is 0 Å². The Bertz CT molecular complexity index is 3370. The second kappa shape index (κ2) is 17.4. The third-order valence-electron chi connectivity index (χ3n) is 13.5. The minimum atomic E-state index is 0.965. The standard InChI is InChI=1S/C65H50/c1-3-5-15-44(4-2)48-22-30-52(31-23-48)60-42-61(53-32-24-49(25-33-53)45-16-9-6-10-17-45)57-40-41-59-63(55-36-28-51(29-37-55)47-20-13-8-14-21-47)43-62(58-39-38-56(60)64(57)65(58)59)54-34-26-50(27-35-54)46-18-11-7-12-19-46/h4-37,40-43H,3,38-39H2,1-2H3/b15-5-,44-4+. The predicted octanol–water partition coefficient (Wildman–Crippen LogP) is 18.1. The summed E-state index contributed by atoms with van der Waals surface area (Å²) in [6.07, 6.45) is 9.65. The van der Waals surface area contributed by atoms with Crippen LogP contribution in [0, 0.1) is 0 Å². The number of aryl methyl sites for hydroxylation is 2. The van der Waals surface area contributed by atoms with Crippen LogP contribution in [0.15, 0.2) is 231 Å². The van der Waals surface area contributed by atoms with Gasteiger partial charge in [0, 0.05) is 0 Å². The Morgan fingerprint density at radius 1 is 0.369 bits per heavy atom. The maximum absolute atomic E-state index is 2.49. The van der Waals surface area contributed by atoms with Gasteiger partial charge in [0.1, 0.15) is 0 Å². The Balaban J connectivity index is 1.16. The molecule has 0 amide bonds. The lowest BCUT2D eigenvalue weighted by Crippen LogP contribution is -2.07. The van der Waals surface area contributed by atoms with Crippen LogP contribution >= 0.6 is 0 Å². The molecule has 310 valence electrons. The minimum Gasteiger partial charge on any atom is -0.0842 e. The van der Waals surface area contributed by atoms with Crippen LogP contribution in [0.2, 0.25) is 0 Å². The van der Waals surface area contributed by atoms with Crippen LogP contribution in [-0.4, -0.2) is 0 Å². The first kappa shape index (κ1) is 40.0. The van der Waals surface area contributed by atoms with Crippen LogP contribution < -0.4 is 0 Å². The van der Waals surface area contributed by atoms with Gasteiger partial charge >= 0.3 is 0 Å². The molecule has 10 aromatic carbocycles. The molecule has 10 aromatic rings. The number of benzene rings is 10. The smallest absolute Gasteiger partial charge is 0.00575 e. The lowest BCUT2D eigenvalue weighted by molar-refractivity contribution is 0.972. The fourth-order valence-corrected chi connectivity index (χ4v) is 10.2. The van der Waals surface area contributed by atoms with Crippen LogP contribution in [0.4, 0.5) is 0 Å². The van der Waals surface area contributed by atoms with Crippen molar-refractivity contribution in [1.82, 2.24) is 0 Å². The van der Waals surface area contributed by atoms with Crippen molar-refractivity contribution in [2.45, 2.75) is 33.1 Å². The van der Waals surface area contributed by atoms with E-state index in [0.29, 0.717) is 0 Å². The van der Waals surface area contributed by atoms with Crippen LogP contribution in [0.5, 0.6) is 0 Å². The van der Waals surface area contributed by atoms with Gasteiger partial charge in [-0.3, -0.25) is 0 Å². The van der Waals surface area contributed by atoms with Crippen LogP contribution in [0.25, 0.3) is 105 Å². The van der Waals surface area contributed by atoms with E-state index in [9.17, 15) is 0 Å². The molecule has 0 saturated heterocycles. The van der Waals surface area contributed by atoms with Gasteiger partial charge in [0.25, 0.3) is 0 Å². The van der Waals surface area contributed by atoms with Crippen molar-refractivity contribution in [2.75, 3.05) is 0 Å². The summed E-state index contributed by atoms with van der Waals surface area (Å²) in [6.45, 7) is 4.32. The first-order valence-corrected chi connectivity index (χ1v) is 23.1. The molecule has 0 heteroatoms. The van der Waals surface area contributed by atoms with E-state index in [2.05, 4.69) is 244 Å². The topological polar surface area (TPSA) is 0 Å². The highest BCUT2D eigenvalue weighted by Gasteiger charge is 2.26. The average molecular weight is 831 g/mol. The fourth-order valence-electron chi connectivity index (χ4n) is 10.2. The lowest BCUT2D eigenvalue weighted by atomic mass is 9.76. The SMILES string of the molecule is C/C=C(\C=C/CC)c1ccc(-c2cc(-c3ccc(-c4ccccc4)cc3)c3ccc4c(-c5ccc(-c6ccccc6)cc5)cc(-c5ccc(-c6ccccc6)cc5)c5c4c3c2CC5)cc1. The van der Waals surface area contributed by atoms with Gasteiger partial charge in [-0.1, -0.05) is 225 Å². The van der Waals surface area contributed by atoms with Crippen LogP contribution in [-0.2, 0) is 12.8 Å². The molecule has 0 saturated carbocycles. The van der Waals surface area contributed by atoms with Crippen LogP contribution in [0.3, 0.4) is 0 Å². The zero-order valence-corrected chi connectivity index (χ0v) is 37.1. The van der Waals surface area contributed by atoms with Crippen LogP contribution in [0.1, 0.15) is 37.0 Å². The first-order valence-electron chi connectivity index (χ1n) is 23.1. The molecule has 11 rings (SSSR count). The predicted molar refractivity (Wildman–Crippen MR) is 280 cm³/mol. The number of rotatable bonds is 10. The molecule has 0 spiro atoms. The molecule has 1 aliphatic carbocycles. The van der Waals surface area contributed by atoms with E-state index in [4.69, 9.17) is 0 Å². The normalized spacial score (nSPS) is 12.4. The van der Waals surface area contributed by atoms with E-state index in [-0.39, 0.29) is 0 Å². The highest BCUT2D eigenvalue weighted by atomic mass is 14.3. The second-order valence-electron chi connectivity index (χ2n) is 17.3. The quantitative estimate of drug-likeness (QED) is 0.0951. The summed E-state index contributed by atoms with van der Waals surface area (Å²) in [5, 5.41) is 5.39. The Labute approximate surface area is 383 Å². The number of hydrogen-bond donors (Lipinski definition) is 0. The zero-order valence-electron chi connectivity index (χ0n) is 37.1. The molecule has 0 unspecified atom stereocenters. The molecular formula is C65H50. The molecular weight excluding hydrogens is 781 g/mol. The Morgan fingerprint density at radius 2 is 0.692 bits per heavy atom. The van der Waals surface area contributed by atoms with Gasteiger partial charge in [-0.25, -0.2) is 0 Å². The number of allylic oxidation sites excluding steroid dienone is 4. The summed E-state index contributed by atoms with van der Waals surface area (Å²) in [6, 6.07) is 78.9. The molecule has 0 atom stereocenters. The van der Waals surface area contributed by atoms with Gasteiger partial charge in [-0.2, -0.15) is 0 Å². The van der Waals surface area contributed by atoms with E-state index in [1.54, 1.807) is 0 Å². The summed E-state index contributed by atoms with van der Waals surface area (Å²) in [4.78, 5) is 0. The molecule has 0 fully saturated rings. The molecule has 0 aromatic heterocycles.